The van der Waals surface area contributed by atoms with Crippen molar-refractivity contribution in [2.75, 3.05) is 39.6 Å². The molecule has 19 heteroatoms. The number of phosphoric ester groups is 2. The molecule has 0 rings (SSSR count). The van der Waals surface area contributed by atoms with Crippen LogP contribution in [-0.4, -0.2) is 96.7 Å². The minimum Gasteiger partial charge on any atom is -0.462 e. The molecule has 0 aromatic heterocycles. The highest BCUT2D eigenvalue weighted by atomic mass is 31.2. The van der Waals surface area contributed by atoms with Crippen LogP contribution in [0.4, 0.5) is 0 Å². The van der Waals surface area contributed by atoms with Gasteiger partial charge in [0.15, 0.2) is 12.2 Å². The van der Waals surface area contributed by atoms with E-state index >= 15 is 0 Å². The standard InChI is InChI=1S/C79H154O17P2/c1-6-10-13-16-19-22-25-28-30-31-32-33-35-38-45-50-55-60-65-79(84)96-75(69-90-77(82)63-58-53-48-43-40-39-41-46-51-56-61-72(5)9-4)71-94-98(87,88)92-67-73(80)66-91-97(85,86)93-70-74(68-89-76(81)62-57-52-47-42-36-27-24-21-18-15-12-8-3)95-78(83)64-59-54-49-44-37-34-29-26-23-20-17-14-11-7-2/h72-75,80H,6-71H2,1-5H3,(H,85,86)(H,87,88)/t72?,73-,74+,75+/m0/s1. The van der Waals surface area contributed by atoms with Gasteiger partial charge >= 0.3 is 39.5 Å². The van der Waals surface area contributed by atoms with Gasteiger partial charge in [-0.25, -0.2) is 9.13 Å². The van der Waals surface area contributed by atoms with Gasteiger partial charge < -0.3 is 33.8 Å². The molecule has 3 N–H and O–H groups in total. The largest absolute Gasteiger partial charge is 0.472 e. The van der Waals surface area contributed by atoms with E-state index in [4.69, 9.17) is 37.0 Å². The predicted octanol–water partition coefficient (Wildman–Crippen LogP) is 23.6. The fourth-order valence-corrected chi connectivity index (χ4v) is 13.8. The van der Waals surface area contributed by atoms with Crippen molar-refractivity contribution in [2.24, 2.45) is 5.92 Å². The normalized spacial score (nSPS) is 14.2. The van der Waals surface area contributed by atoms with E-state index in [-0.39, 0.29) is 25.7 Å². The van der Waals surface area contributed by atoms with Gasteiger partial charge in [-0.15, -0.1) is 0 Å². The molecule has 0 aliphatic carbocycles. The second-order valence-corrected chi connectivity index (χ2v) is 31.6. The Hall–Kier alpha value is -1.94. The first kappa shape index (κ1) is 96.1. The number of esters is 4. The molecule has 98 heavy (non-hydrogen) atoms. The topological polar surface area (TPSA) is 237 Å². The molecule has 17 nitrogen and oxygen atoms in total. The summed E-state index contributed by atoms with van der Waals surface area (Å²) >= 11 is 0. The van der Waals surface area contributed by atoms with Gasteiger partial charge in [-0.05, 0) is 31.6 Å². The van der Waals surface area contributed by atoms with E-state index in [1.165, 1.54) is 244 Å². The van der Waals surface area contributed by atoms with Crippen molar-refractivity contribution in [3.63, 3.8) is 0 Å². The van der Waals surface area contributed by atoms with Gasteiger partial charge in [-0.1, -0.05) is 369 Å². The quantitative estimate of drug-likeness (QED) is 0.0222. The van der Waals surface area contributed by atoms with E-state index in [0.717, 1.165) is 95.8 Å². The minimum absolute atomic E-state index is 0.109. The first-order valence-electron chi connectivity index (χ1n) is 41.2. The van der Waals surface area contributed by atoms with E-state index < -0.39 is 97.5 Å². The SMILES string of the molecule is CCCCCCCCCCCCCCCCCCCCC(=O)O[C@H](COC(=O)CCCCCCCCCCCCC(C)CC)COP(=O)(O)OC[C@@H](O)COP(=O)(O)OC[C@@H](COC(=O)CCCCCCCCCCCCCC)OC(=O)CCCCCCCCCCCCCCCC. The Morgan fingerprint density at radius 3 is 0.724 bits per heavy atom. The smallest absolute Gasteiger partial charge is 0.462 e. The van der Waals surface area contributed by atoms with E-state index in [9.17, 15) is 43.2 Å². The second kappa shape index (κ2) is 72.0. The monoisotopic (exact) mass is 1440 g/mol. The van der Waals surface area contributed by atoms with Gasteiger partial charge in [0, 0.05) is 25.7 Å². The van der Waals surface area contributed by atoms with Crippen LogP contribution in [0, 0.1) is 5.92 Å². The van der Waals surface area contributed by atoms with Gasteiger partial charge in [0.2, 0.25) is 0 Å². The molecule has 0 aliphatic heterocycles. The summed E-state index contributed by atoms with van der Waals surface area (Å²) in [5.41, 5.74) is 0. The van der Waals surface area contributed by atoms with Crippen LogP contribution in [0.25, 0.3) is 0 Å². The number of aliphatic hydroxyl groups is 1. The number of rotatable bonds is 79. The lowest BCUT2D eigenvalue weighted by atomic mass is 9.99. The molecule has 0 heterocycles. The van der Waals surface area contributed by atoms with Crippen LogP contribution >= 0.6 is 15.6 Å². The first-order valence-corrected chi connectivity index (χ1v) is 44.2. The van der Waals surface area contributed by atoms with Crippen LogP contribution in [0.5, 0.6) is 0 Å². The first-order chi connectivity index (χ1) is 47.6. The summed E-state index contributed by atoms with van der Waals surface area (Å²) in [6.45, 7) is 7.35. The highest BCUT2D eigenvalue weighted by molar-refractivity contribution is 7.47. The van der Waals surface area contributed by atoms with E-state index in [0.29, 0.717) is 25.7 Å². The van der Waals surface area contributed by atoms with Crippen molar-refractivity contribution in [2.45, 2.75) is 438 Å². The lowest BCUT2D eigenvalue weighted by molar-refractivity contribution is -0.161. The molecule has 0 spiro atoms. The molecule has 0 aliphatic rings. The van der Waals surface area contributed by atoms with Crippen LogP contribution in [0.2, 0.25) is 0 Å². The predicted molar refractivity (Wildman–Crippen MR) is 400 cm³/mol. The van der Waals surface area contributed by atoms with E-state index in [2.05, 4.69) is 34.6 Å². The lowest BCUT2D eigenvalue weighted by Gasteiger charge is -2.21. The number of aliphatic hydroxyl groups excluding tert-OH is 1. The van der Waals surface area contributed by atoms with Gasteiger partial charge in [0.05, 0.1) is 26.4 Å². The van der Waals surface area contributed by atoms with Gasteiger partial charge in [-0.2, -0.15) is 0 Å². The van der Waals surface area contributed by atoms with Gasteiger partial charge in [0.1, 0.15) is 19.3 Å². The molecule has 6 atom stereocenters. The van der Waals surface area contributed by atoms with Gasteiger partial charge in [-0.3, -0.25) is 37.3 Å². The van der Waals surface area contributed by atoms with Crippen molar-refractivity contribution < 1.29 is 80.2 Å². The zero-order valence-electron chi connectivity index (χ0n) is 63.9. The Balaban J connectivity index is 5.26. The fraction of sp³-hybridized carbons (Fsp3) is 0.949. The molecule has 0 fully saturated rings. The molecule has 0 amide bonds. The second-order valence-electron chi connectivity index (χ2n) is 28.7. The molecule has 0 bridgehead atoms. The molecule has 582 valence electrons. The maximum absolute atomic E-state index is 13.1. The third-order valence-electron chi connectivity index (χ3n) is 18.9. The van der Waals surface area contributed by atoms with Crippen molar-refractivity contribution in [1.82, 2.24) is 0 Å². The van der Waals surface area contributed by atoms with Crippen LogP contribution in [0.3, 0.4) is 0 Å². The third-order valence-corrected chi connectivity index (χ3v) is 20.8. The number of phosphoric acid groups is 2. The Morgan fingerprint density at radius 1 is 0.286 bits per heavy atom. The van der Waals surface area contributed by atoms with Crippen molar-refractivity contribution in [3.05, 3.63) is 0 Å². The summed E-state index contributed by atoms with van der Waals surface area (Å²) in [6.07, 6.45) is 62.2. The van der Waals surface area contributed by atoms with Crippen molar-refractivity contribution in [1.29, 1.82) is 0 Å². The number of hydrogen-bond donors (Lipinski definition) is 3. The fourth-order valence-electron chi connectivity index (χ4n) is 12.2. The average Bonchev–Trinajstić information content (AvgIpc) is 0.968. The Labute approximate surface area is 600 Å². The van der Waals surface area contributed by atoms with E-state index in [1.807, 2.05) is 0 Å². The highest BCUT2D eigenvalue weighted by Crippen LogP contribution is 2.45. The molecule has 0 radical (unpaired) electrons. The number of unbranched alkanes of at least 4 members (excludes halogenated alkanes) is 50. The summed E-state index contributed by atoms with van der Waals surface area (Å²) in [5.74, 6) is -1.30. The molecule has 0 saturated carbocycles. The third kappa shape index (κ3) is 71.1. The summed E-state index contributed by atoms with van der Waals surface area (Å²) in [5, 5.41) is 10.6. The average molecular weight is 1440 g/mol. The number of carbonyl (C=O) groups is 4. The van der Waals surface area contributed by atoms with E-state index in [1.54, 1.807) is 0 Å². The zero-order valence-corrected chi connectivity index (χ0v) is 65.7. The Kier molecular flexibility index (Phi) is 70.6. The zero-order chi connectivity index (χ0) is 71.9. The number of hydrogen-bond acceptors (Lipinski definition) is 15. The molecule has 0 aromatic rings. The summed E-state index contributed by atoms with van der Waals surface area (Å²) < 4.78 is 68.7. The van der Waals surface area contributed by atoms with Gasteiger partial charge in [0.25, 0.3) is 0 Å². The molecule has 0 aromatic carbocycles. The van der Waals surface area contributed by atoms with Crippen LogP contribution in [0.1, 0.15) is 420 Å². The summed E-state index contributed by atoms with van der Waals surface area (Å²) in [7, 11) is -9.92. The Bertz CT molecular complexity index is 1880. The highest BCUT2D eigenvalue weighted by Gasteiger charge is 2.30. The Morgan fingerprint density at radius 2 is 0.490 bits per heavy atom. The van der Waals surface area contributed by atoms with Crippen LogP contribution in [0.15, 0.2) is 0 Å². The number of ether oxygens (including phenoxy) is 4. The maximum atomic E-state index is 13.1. The summed E-state index contributed by atoms with van der Waals surface area (Å²) in [6, 6.07) is 0. The minimum atomic E-state index is -4.96. The molecule has 0 saturated heterocycles. The molecular formula is C79H154O17P2. The lowest BCUT2D eigenvalue weighted by Crippen LogP contribution is -2.30. The summed E-state index contributed by atoms with van der Waals surface area (Å²) in [4.78, 5) is 73.0. The van der Waals surface area contributed by atoms with Crippen LogP contribution < -0.4 is 0 Å². The van der Waals surface area contributed by atoms with Crippen LogP contribution in [-0.2, 0) is 65.4 Å². The number of carbonyl (C=O) groups excluding carboxylic acids is 4. The van der Waals surface area contributed by atoms with Crippen molar-refractivity contribution in [3.8, 4) is 0 Å². The molecule has 3 unspecified atom stereocenters. The maximum Gasteiger partial charge on any atom is 0.472 e. The van der Waals surface area contributed by atoms with Crippen molar-refractivity contribution >= 4 is 39.5 Å². The molecular weight excluding hydrogens is 1280 g/mol.